The molecule has 1 aliphatic carbocycles. The molecule has 2 atom stereocenters. The van der Waals surface area contributed by atoms with Crippen molar-refractivity contribution in [3.63, 3.8) is 0 Å². The Kier molecular flexibility index (Phi) is 3.88. The Labute approximate surface area is 112 Å². The Balaban J connectivity index is 1.92. The summed E-state index contributed by atoms with van der Waals surface area (Å²) in [5.41, 5.74) is 3.41. The molecule has 2 rings (SSSR count). The fourth-order valence-corrected chi connectivity index (χ4v) is 2.47. The van der Waals surface area contributed by atoms with Crippen LogP contribution in [0.4, 0.5) is 0 Å². The zero-order chi connectivity index (χ0) is 14.0. The number of hydrogen-bond acceptors (Lipinski definition) is 2. The van der Waals surface area contributed by atoms with E-state index < -0.39 is 11.9 Å². The minimum Gasteiger partial charge on any atom is -0.481 e. The molecule has 0 saturated heterocycles. The molecule has 1 fully saturated rings. The van der Waals surface area contributed by atoms with Crippen molar-refractivity contribution in [1.29, 1.82) is 0 Å². The van der Waals surface area contributed by atoms with Gasteiger partial charge >= 0.3 is 5.97 Å². The topological polar surface area (TPSA) is 66.4 Å². The summed E-state index contributed by atoms with van der Waals surface area (Å²) >= 11 is 0. The van der Waals surface area contributed by atoms with E-state index in [-0.39, 0.29) is 11.8 Å². The smallest absolute Gasteiger partial charge is 0.307 e. The van der Waals surface area contributed by atoms with E-state index in [4.69, 9.17) is 5.11 Å². The van der Waals surface area contributed by atoms with Crippen LogP contribution in [0.15, 0.2) is 18.2 Å². The van der Waals surface area contributed by atoms with E-state index in [1.165, 1.54) is 5.56 Å². The zero-order valence-electron chi connectivity index (χ0n) is 11.3. The predicted octanol–water partition coefficient (Wildman–Crippen LogP) is 2.03. The van der Waals surface area contributed by atoms with Gasteiger partial charge < -0.3 is 10.4 Å². The molecule has 0 aromatic heterocycles. The van der Waals surface area contributed by atoms with Crippen LogP contribution in [-0.2, 0) is 16.1 Å². The van der Waals surface area contributed by atoms with Crippen molar-refractivity contribution in [3.05, 3.63) is 34.9 Å². The first-order valence-corrected chi connectivity index (χ1v) is 6.55. The Morgan fingerprint density at radius 1 is 1.26 bits per heavy atom. The Morgan fingerprint density at radius 3 is 2.47 bits per heavy atom. The lowest BCUT2D eigenvalue weighted by atomic mass is 9.73. The number of amides is 1. The van der Waals surface area contributed by atoms with E-state index in [0.29, 0.717) is 19.4 Å². The van der Waals surface area contributed by atoms with Crippen LogP contribution < -0.4 is 5.32 Å². The Hall–Kier alpha value is -1.84. The molecule has 1 aromatic rings. The second-order valence-corrected chi connectivity index (χ2v) is 5.28. The zero-order valence-corrected chi connectivity index (χ0v) is 11.3. The third kappa shape index (κ3) is 2.95. The van der Waals surface area contributed by atoms with Gasteiger partial charge in [0.15, 0.2) is 0 Å². The van der Waals surface area contributed by atoms with E-state index in [2.05, 4.69) is 11.4 Å². The average molecular weight is 261 g/mol. The molecule has 2 unspecified atom stereocenters. The van der Waals surface area contributed by atoms with Crippen molar-refractivity contribution < 1.29 is 14.7 Å². The number of carbonyl (C=O) groups excluding carboxylic acids is 1. The molecule has 1 aromatic carbocycles. The number of carboxylic acid groups (broad SMARTS) is 1. The van der Waals surface area contributed by atoms with Crippen molar-refractivity contribution in [2.75, 3.05) is 0 Å². The van der Waals surface area contributed by atoms with E-state index in [9.17, 15) is 9.59 Å². The predicted molar refractivity (Wildman–Crippen MR) is 71.6 cm³/mol. The summed E-state index contributed by atoms with van der Waals surface area (Å²) < 4.78 is 0. The van der Waals surface area contributed by atoms with Crippen LogP contribution in [0, 0.1) is 25.7 Å². The first-order chi connectivity index (χ1) is 8.99. The molecule has 102 valence electrons. The van der Waals surface area contributed by atoms with Crippen LogP contribution in [0.25, 0.3) is 0 Å². The van der Waals surface area contributed by atoms with Gasteiger partial charge in [-0.2, -0.15) is 0 Å². The number of aliphatic carboxylic acids is 1. The quantitative estimate of drug-likeness (QED) is 0.871. The van der Waals surface area contributed by atoms with Gasteiger partial charge in [-0.15, -0.1) is 0 Å². The lowest BCUT2D eigenvalue weighted by Crippen LogP contribution is -2.43. The van der Waals surface area contributed by atoms with E-state index in [1.807, 2.05) is 26.0 Å². The number of carbonyl (C=O) groups is 2. The summed E-state index contributed by atoms with van der Waals surface area (Å²) in [6.07, 6.45) is 1.28. The van der Waals surface area contributed by atoms with Crippen LogP contribution in [-0.4, -0.2) is 17.0 Å². The lowest BCUT2D eigenvalue weighted by Gasteiger charge is -2.32. The van der Waals surface area contributed by atoms with Crippen molar-refractivity contribution in [2.24, 2.45) is 11.8 Å². The standard InChI is InChI=1S/C15H19NO3/c1-9-3-4-11(10(2)7-9)8-16-14(17)12-5-6-13(12)15(18)19/h3-4,7,12-13H,5-6,8H2,1-2H3,(H,16,17)(H,18,19). The molecule has 0 radical (unpaired) electrons. The van der Waals surface area contributed by atoms with Gasteiger partial charge in [-0.25, -0.2) is 0 Å². The highest BCUT2D eigenvalue weighted by atomic mass is 16.4. The normalized spacial score (nSPS) is 21.6. The molecule has 0 heterocycles. The molecule has 4 nitrogen and oxygen atoms in total. The molecular formula is C15H19NO3. The highest BCUT2D eigenvalue weighted by molar-refractivity contribution is 5.86. The minimum absolute atomic E-state index is 0.140. The molecule has 19 heavy (non-hydrogen) atoms. The number of carboxylic acids is 1. The summed E-state index contributed by atoms with van der Waals surface area (Å²) in [7, 11) is 0. The molecule has 0 bridgehead atoms. The lowest BCUT2D eigenvalue weighted by molar-refractivity contribution is -0.152. The second kappa shape index (κ2) is 5.43. The summed E-state index contributed by atoms with van der Waals surface area (Å²) in [5.74, 6) is -1.86. The minimum atomic E-state index is -0.863. The maximum Gasteiger partial charge on any atom is 0.307 e. The molecule has 2 N–H and O–H groups in total. The van der Waals surface area contributed by atoms with E-state index >= 15 is 0 Å². The highest BCUT2D eigenvalue weighted by Gasteiger charge is 2.41. The number of rotatable bonds is 4. The first-order valence-electron chi connectivity index (χ1n) is 6.55. The van der Waals surface area contributed by atoms with Gasteiger partial charge in [0.1, 0.15) is 0 Å². The van der Waals surface area contributed by atoms with Gasteiger partial charge in [0.25, 0.3) is 0 Å². The maximum absolute atomic E-state index is 11.9. The SMILES string of the molecule is Cc1ccc(CNC(=O)C2CCC2C(=O)O)c(C)c1. The second-order valence-electron chi connectivity index (χ2n) is 5.28. The number of benzene rings is 1. The van der Waals surface area contributed by atoms with Crippen LogP contribution in [0.5, 0.6) is 0 Å². The van der Waals surface area contributed by atoms with Crippen molar-refractivity contribution in [2.45, 2.75) is 33.2 Å². The Bertz CT molecular complexity index is 510. The van der Waals surface area contributed by atoms with Crippen LogP contribution in [0.2, 0.25) is 0 Å². The summed E-state index contributed by atoms with van der Waals surface area (Å²) in [4.78, 5) is 22.8. The largest absolute Gasteiger partial charge is 0.481 e. The molecule has 0 spiro atoms. The maximum atomic E-state index is 11.9. The van der Waals surface area contributed by atoms with E-state index in [0.717, 1.165) is 11.1 Å². The first kappa shape index (κ1) is 13.6. The molecule has 4 heteroatoms. The van der Waals surface area contributed by atoms with Gasteiger partial charge in [0.2, 0.25) is 5.91 Å². The van der Waals surface area contributed by atoms with Gasteiger partial charge in [-0.3, -0.25) is 9.59 Å². The molecule has 1 saturated carbocycles. The van der Waals surface area contributed by atoms with Gasteiger partial charge in [0, 0.05) is 6.54 Å². The van der Waals surface area contributed by atoms with Gasteiger partial charge in [-0.1, -0.05) is 23.8 Å². The number of nitrogens with one attached hydrogen (secondary N) is 1. The summed E-state index contributed by atoms with van der Waals surface area (Å²) in [5, 5.41) is 11.8. The molecule has 1 aliphatic rings. The van der Waals surface area contributed by atoms with Crippen molar-refractivity contribution in [3.8, 4) is 0 Å². The third-order valence-corrected chi connectivity index (χ3v) is 3.88. The molecule has 0 aliphatic heterocycles. The highest BCUT2D eigenvalue weighted by Crippen LogP contribution is 2.34. The summed E-state index contributed by atoms with van der Waals surface area (Å²) in [6.45, 7) is 4.51. The van der Waals surface area contributed by atoms with Gasteiger partial charge in [0.05, 0.1) is 11.8 Å². The van der Waals surface area contributed by atoms with Gasteiger partial charge in [-0.05, 0) is 37.8 Å². The fraction of sp³-hybridized carbons (Fsp3) is 0.467. The summed E-state index contributed by atoms with van der Waals surface area (Å²) in [6, 6.07) is 6.09. The van der Waals surface area contributed by atoms with E-state index in [1.54, 1.807) is 0 Å². The van der Waals surface area contributed by atoms with Crippen LogP contribution in [0.1, 0.15) is 29.5 Å². The van der Waals surface area contributed by atoms with Crippen LogP contribution in [0.3, 0.4) is 0 Å². The monoisotopic (exact) mass is 261 g/mol. The third-order valence-electron chi connectivity index (χ3n) is 3.88. The molecule has 1 amide bonds. The molecular weight excluding hydrogens is 242 g/mol. The van der Waals surface area contributed by atoms with Crippen LogP contribution >= 0.6 is 0 Å². The average Bonchev–Trinajstić information content (AvgIpc) is 2.25. The fourth-order valence-electron chi connectivity index (χ4n) is 2.47. The number of aryl methyl sites for hydroxylation is 2. The van der Waals surface area contributed by atoms with Crippen molar-refractivity contribution in [1.82, 2.24) is 5.32 Å². The number of hydrogen-bond donors (Lipinski definition) is 2. The Morgan fingerprint density at radius 2 is 1.95 bits per heavy atom. The van der Waals surface area contributed by atoms with Crippen molar-refractivity contribution >= 4 is 11.9 Å².